The van der Waals surface area contributed by atoms with Crippen LogP contribution in [0.1, 0.15) is 21.9 Å². The molecule has 0 amide bonds. The first-order chi connectivity index (χ1) is 9.38. The number of rotatable bonds is 4. The number of hydrogen-bond donors (Lipinski definition) is 2. The highest BCUT2D eigenvalue weighted by molar-refractivity contribution is 9.10. The fraction of sp³-hybridized carbons (Fsp3) is 0.154. The zero-order chi connectivity index (χ0) is 14.9. The van der Waals surface area contributed by atoms with Crippen LogP contribution >= 0.6 is 15.9 Å². The van der Waals surface area contributed by atoms with Crippen molar-refractivity contribution in [2.24, 2.45) is 0 Å². The van der Waals surface area contributed by atoms with Crippen LogP contribution in [0.2, 0.25) is 0 Å². The van der Waals surface area contributed by atoms with Gasteiger partial charge in [-0.15, -0.1) is 0 Å². The van der Waals surface area contributed by atoms with E-state index in [0.717, 1.165) is 12.1 Å². The van der Waals surface area contributed by atoms with E-state index in [0.29, 0.717) is 10.0 Å². The zero-order valence-electron chi connectivity index (χ0n) is 10.3. The van der Waals surface area contributed by atoms with E-state index in [9.17, 15) is 13.6 Å². The Hall–Kier alpha value is -1.89. The number of aromatic carboxylic acids is 1. The van der Waals surface area contributed by atoms with Crippen molar-refractivity contribution in [3.63, 3.8) is 0 Å². The molecule has 4 nitrogen and oxygen atoms in total. The van der Waals surface area contributed by atoms with Gasteiger partial charge in [0.2, 0.25) is 5.76 Å². The molecule has 1 aromatic carbocycles. The van der Waals surface area contributed by atoms with Gasteiger partial charge in [0.1, 0.15) is 23.1 Å². The highest BCUT2D eigenvalue weighted by Gasteiger charge is 2.15. The van der Waals surface area contributed by atoms with E-state index in [2.05, 4.69) is 21.2 Å². The second-order valence-corrected chi connectivity index (χ2v) is 5.04. The molecule has 0 unspecified atom stereocenters. The third-order valence-corrected chi connectivity index (χ3v) is 3.07. The van der Waals surface area contributed by atoms with Crippen LogP contribution in [-0.2, 0) is 6.54 Å². The first-order valence-corrected chi connectivity index (χ1v) is 6.39. The molecule has 7 heteroatoms. The summed E-state index contributed by atoms with van der Waals surface area (Å²) in [7, 11) is 0. The number of anilines is 1. The minimum Gasteiger partial charge on any atom is -0.475 e. The summed E-state index contributed by atoms with van der Waals surface area (Å²) < 4.78 is 32.5. The lowest BCUT2D eigenvalue weighted by molar-refractivity contribution is 0.0659. The van der Waals surface area contributed by atoms with Gasteiger partial charge in [0.15, 0.2) is 0 Å². The third-order valence-electron chi connectivity index (χ3n) is 2.61. The number of aryl methyl sites for hydroxylation is 1. The second-order valence-electron chi connectivity index (χ2n) is 4.13. The van der Waals surface area contributed by atoms with Gasteiger partial charge < -0.3 is 14.8 Å². The van der Waals surface area contributed by atoms with Gasteiger partial charge in [-0.3, -0.25) is 0 Å². The molecular weight excluding hydrogens is 336 g/mol. The minimum atomic E-state index is -1.19. The predicted molar refractivity (Wildman–Crippen MR) is 71.8 cm³/mol. The molecule has 0 aliphatic carbocycles. The summed E-state index contributed by atoms with van der Waals surface area (Å²) in [6.45, 7) is 1.56. The van der Waals surface area contributed by atoms with E-state index in [-0.39, 0.29) is 23.8 Å². The Morgan fingerprint density at radius 3 is 2.45 bits per heavy atom. The van der Waals surface area contributed by atoms with Gasteiger partial charge in [-0.25, -0.2) is 13.6 Å². The van der Waals surface area contributed by atoms with Crippen molar-refractivity contribution in [2.45, 2.75) is 13.5 Å². The van der Waals surface area contributed by atoms with E-state index in [1.165, 1.54) is 6.07 Å². The second kappa shape index (κ2) is 5.62. The number of furan rings is 1. The molecule has 0 saturated heterocycles. The molecule has 106 valence electrons. The van der Waals surface area contributed by atoms with Crippen LogP contribution in [0.4, 0.5) is 14.5 Å². The Labute approximate surface area is 121 Å². The molecule has 0 atom stereocenters. The highest BCUT2D eigenvalue weighted by atomic mass is 79.9. The Morgan fingerprint density at radius 2 is 1.95 bits per heavy atom. The van der Waals surface area contributed by atoms with Crippen LogP contribution in [-0.4, -0.2) is 11.1 Å². The van der Waals surface area contributed by atoms with Gasteiger partial charge in [0.05, 0.1) is 6.54 Å². The van der Waals surface area contributed by atoms with Crippen molar-refractivity contribution < 1.29 is 23.1 Å². The van der Waals surface area contributed by atoms with E-state index in [1.807, 2.05) is 0 Å². The van der Waals surface area contributed by atoms with Crippen LogP contribution < -0.4 is 5.32 Å². The Bertz CT molecular complexity index is 647. The van der Waals surface area contributed by atoms with Crippen molar-refractivity contribution in [2.75, 3.05) is 5.32 Å². The molecule has 0 spiro atoms. The standard InChI is InChI=1S/C13H10BrF2NO3/c1-6-2-8(20-12(6)13(18)19)5-17-11-9(15)3-7(14)4-10(11)16/h2-4,17H,5H2,1H3,(H,18,19). The lowest BCUT2D eigenvalue weighted by Gasteiger charge is -2.07. The minimum absolute atomic E-state index is 0.0242. The molecule has 2 rings (SSSR count). The normalized spacial score (nSPS) is 10.6. The molecule has 0 aliphatic heterocycles. The highest BCUT2D eigenvalue weighted by Crippen LogP contribution is 2.25. The summed E-state index contributed by atoms with van der Waals surface area (Å²) >= 11 is 2.98. The molecule has 0 aliphatic rings. The van der Waals surface area contributed by atoms with Crippen LogP contribution in [0.5, 0.6) is 0 Å². The number of carboxylic acids is 1. The summed E-state index contributed by atoms with van der Waals surface area (Å²) in [5, 5.41) is 11.4. The number of carboxylic acid groups (broad SMARTS) is 1. The van der Waals surface area contributed by atoms with Gasteiger partial charge >= 0.3 is 5.97 Å². The Balaban J connectivity index is 2.17. The number of benzene rings is 1. The molecule has 0 saturated carbocycles. The maximum Gasteiger partial charge on any atom is 0.372 e. The summed E-state index contributed by atoms with van der Waals surface area (Å²) in [5.41, 5.74) is 0.158. The number of carbonyl (C=O) groups is 1. The smallest absolute Gasteiger partial charge is 0.372 e. The van der Waals surface area contributed by atoms with Gasteiger partial charge in [-0.1, -0.05) is 15.9 Å². The molecule has 20 heavy (non-hydrogen) atoms. The zero-order valence-corrected chi connectivity index (χ0v) is 11.9. The average Bonchev–Trinajstić information content (AvgIpc) is 2.69. The van der Waals surface area contributed by atoms with Crippen LogP contribution in [0.25, 0.3) is 0 Å². The van der Waals surface area contributed by atoms with Gasteiger partial charge in [0, 0.05) is 10.0 Å². The summed E-state index contributed by atoms with van der Waals surface area (Å²) in [4.78, 5) is 10.8. The van der Waals surface area contributed by atoms with Crippen molar-refractivity contribution in [3.05, 3.63) is 51.4 Å². The molecule has 0 fully saturated rings. The quantitative estimate of drug-likeness (QED) is 0.880. The number of halogens is 3. The fourth-order valence-electron chi connectivity index (χ4n) is 1.73. The Morgan fingerprint density at radius 1 is 1.35 bits per heavy atom. The fourth-order valence-corrected chi connectivity index (χ4v) is 2.14. The first kappa shape index (κ1) is 14.5. The first-order valence-electron chi connectivity index (χ1n) is 5.59. The predicted octanol–water partition coefficient (Wildman–Crippen LogP) is 3.94. The third kappa shape index (κ3) is 2.98. The van der Waals surface area contributed by atoms with Gasteiger partial charge in [-0.2, -0.15) is 0 Å². The van der Waals surface area contributed by atoms with Crippen molar-refractivity contribution in [3.8, 4) is 0 Å². The molecule has 1 aromatic heterocycles. The molecule has 0 radical (unpaired) electrons. The lowest BCUT2D eigenvalue weighted by Crippen LogP contribution is -2.03. The SMILES string of the molecule is Cc1cc(CNc2c(F)cc(Br)cc2F)oc1C(=O)O. The maximum atomic E-state index is 13.6. The molecule has 2 aromatic rings. The molecule has 0 bridgehead atoms. The van der Waals surface area contributed by atoms with E-state index >= 15 is 0 Å². The largest absolute Gasteiger partial charge is 0.475 e. The van der Waals surface area contributed by atoms with E-state index < -0.39 is 17.6 Å². The van der Waals surface area contributed by atoms with Crippen molar-refractivity contribution in [1.29, 1.82) is 0 Å². The molecular formula is C13H10BrF2NO3. The molecule has 1 heterocycles. The number of hydrogen-bond acceptors (Lipinski definition) is 3. The van der Waals surface area contributed by atoms with E-state index in [4.69, 9.17) is 9.52 Å². The summed E-state index contributed by atoms with van der Waals surface area (Å²) in [5.74, 6) is -2.59. The number of nitrogens with one attached hydrogen (secondary N) is 1. The average molecular weight is 346 g/mol. The summed E-state index contributed by atoms with van der Waals surface area (Å²) in [6.07, 6.45) is 0. The monoisotopic (exact) mass is 345 g/mol. The van der Waals surface area contributed by atoms with Crippen molar-refractivity contribution in [1.82, 2.24) is 0 Å². The lowest BCUT2D eigenvalue weighted by atomic mass is 10.2. The Kier molecular flexibility index (Phi) is 4.08. The summed E-state index contributed by atoms with van der Waals surface area (Å²) in [6, 6.07) is 3.76. The van der Waals surface area contributed by atoms with Crippen LogP contribution in [0.15, 0.2) is 27.1 Å². The topological polar surface area (TPSA) is 62.5 Å². The maximum absolute atomic E-state index is 13.6. The van der Waals surface area contributed by atoms with Crippen LogP contribution in [0, 0.1) is 18.6 Å². The van der Waals surface area contributed by atoms with Gasteiger partial charge in [-0.05, 0) is 25.1 Å². The van der Waals surface area contributed by atoms with E-state index in [1.54, 1.807) is 6.92 Å². The van der Waals surface area contributed by atoms with Crippen LogP contribution in [0.3, 0.4) is 0 Å². The molecule has 2 N–H and O–H groups in total. The van der Waals surface area contributed by atoms with Crippen molar-refractivity contribution >= 4 is 27.6 Å². The van der Waals surface area contributed by atoms with Gasteiger partial charge in [0.25, 0.3) is 0 Å².